The van der Waals surface area contributed by atoms with Gasteiger partial charge in [-0.3, -0.25) is 0 Å². The second-order valence-electron chi connectivity index (χ2n) is 3.64. The predicted octanol–water partition coefficient (Wildman–Crippen LogP) is 3.39. The third-order valence-electron chi connectivity index (χ3n) is 2.41. The van der Waals surface area contributed by atoms with Gasteiger partial charge in [-0.2, -0.15) is 0 Å². The standard InChI is InChI=1S/C14H14O3/c15-17-14(13-9-5-2-6-10-13)16-11-12-7-3-1-4-8-12/h1-10,14-15H,11H2. The predicted molar refractivity (Wildman–Crippen MR) is 64.1 cm³/mol. The fourth-order valence-corrected chi connectivity index (χ4v) is 1.54. The van der Waals surface area contributed by atoms with Crippen LogP contribution in [-0.4, -0.2) is 5.26 Å². The monoisotopic (exact) mass is 230 g/mol. The molecular weight excluding hydrogens is 216 g/mol. The van der Waals surface area contributed by atoms with Gasteiger partial charge >= 0.3 is 0 Å². The van der Waals surface area contributed by atoms with Gasteiger partial charge in [0.25, 0.3) is 0 Å². The van der Waals surface area contributed by atoms with E-state index in [0.29, 0.717) is 6.61 Å². The van der Waals surface area contributed by atoms with Crippen LogP contribution < -0.4 is 0 Å². The maximum Gasteiger partial charge on any atom is 0.217 e. The Morgan fingerprint density at radius 3 is 2.06 bits per heavy atom. The van der Waals surface area contributed by atoms with Gasteiger partial charge in [-0.05, 0) is 5.56 Å². The van der Waals surface area contributed by atoms with Crippen LogP contribution in [0.2, 0.25) is 0 Å². The topological polar surface area (TPSA) is 38.7 Å². The van der Waals surface area contributed by atoms with E-state index in [-0.39, 0.29) is 0 Å². The summed E-state index contributed by atoms with van der Waals surface area (Å²) in [7, 11) is 0. The molecule has 0 aliphatic heterocycles. The Bertz CT molecular complexity index is 428. The Morgan fingerprint density at radius 1 is 0.882 bits per heavy atom. The minimum atomic E-state index is -0.753. The molecule has 0 bridgehead atoms. The average Bonchev–Trinajstić information content (AvgIpc) is 2.42. The van der Waals surface area contributed by atoms with E-state index in [1.807, 2.05) is 60.7 Å². The number of hydrogen-bond acceptors (Lipinski definition) is 3. The van der Waals surface area contributed by atoms with Crippen LogP contribution in [0, 0.1) is 0 Å². The molecule has 0 fully saturated rings. The lowest BCUT2D eigenvalue weighted by molar-refractivity contribution is -0.353. The number of hydrogen-bond donors (Lipinski definition) is 1. The molecule has 0 saturated heterocycles. The van der Waals surface area contributed by atoms with Crippen molar-refractivity contribution >= 4 is 0 Å². The summed E-state index contributed by atoms with van der Waals surface area (Å²) >= 11 is 0. The molecule has 1 atom stereocenters. The summed E-state index contributed by atoms with van der Waals surface area (Å²) in [4.78, 5) is 4.34. The van der Waals surface area contributed by atoms with E-state index in [2.05, 4.69) is 4.89 Å². The molecule has 0 radical (unpaired) electrons. The fourth-order valence-electron chi connectivity index (χ4n) is 1.54. The van der Waals surface area contributed by atoms with Crippen molar-refractivity contribution in [1.82, 2.24) is 0 Å². The Morgan fingerprint density at radius 2 is 1.47 bits per heavy atom. The molecular formula is C14H14O3. The largest absolute Gasteiger partial charge is 0.341 e. The van der Waals surface area contributed by atoms with Gasteiger partial charge in [-0.1, -0.05) is 60.7 Å². The van der Waals surface area contributed by atoms with Gasteiger partial charge in [0.2, 0.25) is 6.29 Å². The zero-order valence-electron chi connectivity index (χ0n) is 9.32. The summed E-state index contributed by atoms with van der Waals surface area (Å²) in [5, 5.41) is 8.83. The van der Waals surface area contributed by atoms with Crippen LogP contribution in [0.3, 0.4) is 0 Å². The van der Waals surface area contributed by atoms with Gasteiger partial charge in [-0.15, -0.1) is 0 Å². The van der Waals surface area contributed by atoms with Gasteiger partial charge in [0.05, 0.1) is 6.61 Å². The maximum absolute atomic E-state index is 8.83. The zero-order chi connectivity index (χ0) is 11.9. The van der Waals surface area contributed by atoms with Crippen molar-refractivity contribution in [2.75, 3.05) is 0 Å². The highest BCUT2D eigenvalue weighted by Gasteiger charge is 2.11. The SMILES string of the molecule is OOC(OCc1ccccc1)c1ccccc1. The van der Waals surface area contributed by atoms with Crippen molar-refractivity contribution in [3.63, 3.8) is 0 Å². The Labute approximate surface area is 100 Å². The van der Waals surface area contributed by atoms with Crippen LogP contribution >= 0.6 is 0 Å². The first-order valence-electron chi connectivity index (χ1n) is 5.41. The molecule has 3 heteroatoms. The second-order valence-corrected chi connectivity index (χ2v) is 3.64. The molecule has 2 aromatic carbocycles. The molecule has 0 saturated carbocycles. The molecule has 88 valence electrons. The van der Waals surface area contributed by atoms with Crippen LogP contribution in [0.4, 0.5) is 0 Å². The second kappa shape index (κ2) is 6.15. The Hall–Kier alpha value is -1.68. The Kier molecular flexibility index (Phi) is 4.27. The lowest BCUT2D eigenvalue weighted by Gasteiger charge is -2.14. The normalized spacial score (nSPS) is 12.3. The average molecular weight is 230 g/mol. The van der Waals surface area contributed by atoms with Crippen molar-refractivity contribution in [2.45, 2.75) is 12.9 Å². The molecule has 2 rings (SSSR count). The van der Waals surface area contributed by atoms with Crippen LogP contribution in [0.25, 0.3) is 0 Å². The summed E-state index contributed by atoms with van der Waals surface area (Å²) in [6.07, 6.45) is -0.753. The first-order chi connectivity index (χ1) is 8.40. The van der Waals surface area contributed by atoms with Crippen molar-refractivity contribution in [3.8, 4) is 0 Å². The first-order valence-corrected chi connectivity index (χ1v) is 5.41. The molecule has 17 heavy (non-hydrogen) atoms. The summed E-state index contributed by atoms with van der Waals surface area (Å²) in [6.45, 7) is 0.390. The fraction of sp³-hybridized carbons (Fsp3) is 0.143. The maximum atomic E-state index is 8.83. The third-order valence-corrected chi connectivity index (χ3v) is 2.41. The molecule has 1 N–H and O–H groups in total. The van der Waals surface area contributed by atoms with Gasteiger partial charge in [0.15, 0.2) is 0 Å². The molecule has 0 aromatic heterocycles. The third kappa shape index (κ3) is 3.39. The van der Waals surface area contributed by atoms with E-state index >= 15 is 0 Å². The van der Waals surface area contributed by atoms with E-state index in [4.69, 9.17) is 9.99 Å². The lowest BCUT2D eigenvalue weighted by Crippen LogP contribution is -2.06. The van der Waals surface area contributed by atoms with Crippen LogP contribution in [-0.2, 0) is 16.2 Å². The molecule has 0 heterocycles. The minimum Gasteiger partial charge on any atom is -0.341 e. The van der Waals surface area contributed by atoms with Gasteiger partial charge in [0.1, 0.15) is 0 Å². The van der Waals surface area contributed by atoms with Crippen molar-refractivity contribution < 1.29 is 14.9 Å². The number of ether oxygens (including phenoxy) is 1. The molecule has 1 unspecified atom stereocenters. The van der Waals surface area contributed by atoms with Crippen LogP contribution in [0.5, 0.6) is 0 Å². The van der Waals surface area contributed by atoms with Crippen molar-refractivity contribution in [2.24, 2.45) is 0 Å². The molecule has 0 amide bonds. The molecule has 0 aliphatic carbocycles. The molecule has 3 nitrogen and oxygen atoms in total. The van der Waals surface area contributed by atoms with Gasteiger partial charge in [0, 0.05) is 5.56 Å². The summed E-state index contributed by atoms with van der Waals surface area (Å²) < 4.78 is 5.49. The van der Waals surface area contributed by atoms with E-state index in [1.165, 1.54) is 0 Å². The highest BCUT2D eigenvalue weighted by Crippen LogP contribution is 2.19. The highest BCUT2D eigenvalue weighted by molar-refractivity contribution is 5.16. The molecule has 0 aliphatic rings. The number of rotatable bonds is 5. The van der Waals surface area contributed by atoms with Crippen molar-refractivity contribution in [1.29, 1.82) is 0 Å². The van der Waals surface area contributed by atoms with Crippen molar-refractivity contribution in [3.05, 3.63) is 71.8 Å². The lowest BCUT2D eigenvalue weighted by atomic mass is 10.2. The van der Waals surface area contributed by atoms with Gasteiger partial charge < -0.3 is 4.74 Å². The zero-order valence-corrected chi connectivity index (χ0v) is 9.32. The summed E-state index contributed by atoms with van der Waals surface area (Å²) in [5.74, 6) is 0. The summed E-state index contributed by atoms with van der Waals surface area (Å²) in [6, 6.07) is 19.1. The van der Waals surface area contributed by atoms with Gasteiger partial charge in [-0.25, -0.2) is 10.1 Å². The first kappa shape index (κ1) is 11.8. The van der Waals surface area contributed by atoms with E-state index in [1.54, 1.807) is 0 Å². The quantitative estimate of drug-likeness (QED) is 0.486. The molecule has 0 spiro atoms. The van der Waals surface area contributed by atoms with Crippen LogP contribution in [0.1, 0.15) is 17.4 Å². The minimum absolute atomic E-state index is 0.390. The highest BCUT2D eigenvalue weighted by atomic mass is 17.1. The van der Waals surface area contributed by atoms with E-state index in [9.17, 15) is 0 Å². The van der Waals surface area contributed by atoms with E-state index in [0.717, 1.165) is 11.1 Å². The number of benzene rings is 2. The Balaban J connectivity index is 1.97. The molecule has 2 aromatic rings. The van der Waals surface area contributed by atoms with Crippen LogP contribution in [0.15, 0.2) is 60.7 Å². The van der Waals surface area contributed by atoms with E-state index < -0.39 is 6.29 Å². The smallest absolute Gasteiger partial charge is 0.217 e. The summed E-state index contributed by atoms with van der Waals surface area (Å²) in [5.41, 5.74) is 1.82.